The first-order chi connectivity index (χ1) is 8.10. The van der Waals surface area contributed by atoms with Crippen molar-refractivity contribution in [1.29, 1.82) is 0 Å². The van der Waals surface area contributed by atoms with Crippen LogP contribution in [0.3, 0.4) is 0 Å². The second kappa shape index (κ2) is 5.01. The van der Waals surface area contributed by atoms with Crippen LogP contribution in [0.2, 0.25) is 0 Å². The zero-order chi connectivity index (χ0) is 12.4. The molecule has 1 saturated heterocycles. The lowest BCUT2D eigenvalue weighted by Gasteiger charge is -2.11. The van der Waals surface area contributed by atoms with Gasteiger partial charge in [-0.25, -0.2) is 9.78 Å². The molecule has 1 aromatic heterocycles. The van der Waals surface area contributed by atoms with Crippen molar-refractivity contribution in [2.24, 2.45) is 0 Å². The molecule has 1 aliphatic rings. The first-order valence-corrected chi connectivity index (χ1v) is 6.42. The van der Waals surface area contributed by atoms with Crippen LogP contribution in [0.25, 0.3) is 0 Å². The first kappa shape index (κ1) is 12.3. The summed E-state index contributed by atoms with van der Waals surface area (Å²) in [6, 6.07) is 0.427. The van der Waals surface area contributed by atoms with Crippen LogP contribution in [-0.2, 0) is 4.74 Å². The largest absolute Gasteiger partial charge is 0.464 e. The Kier molecular flexibility index (Phi) is 3.63. The summed E-state index contributed by atoms with van der Waals surface area (Å²) in [7, 11) is 3.48. The number of rotatable bonds is 3. The number of thiazole rings is 1. The fraction of sp³-hybridized carbons (Fsp3) is 0.636. The Morgan fingerprint density at radius 3 is 3.00 bits per heavy atom. The van der Waals surface area contributed by atoms with Gasteiger partial charge in [0.15, 0.2) is 10.8 Å². The van der Waals surface area contributed by atoms with Gasteiger partial charge in [0, 0.05) is 17.5 Å². The van der Waals surface area contributed by atoms with Gasteiger partial charge in [0.1, 0.15) is 0 Å². The maximum absolute atomic E-state index is 11.4. The lowest BCUT2D eigenvalue weighted by Crippen LogP contribution is -2.23. The van der Waals surface area contributed by atoms with Gasteiger partial charge in [0.2, 0.25) is 0 Å². The summed E-state index contributed by atoms with van der Waals surface area (Å²) < 4.78 is 4.69. The molecule has 1 atom stereocenters. The number of nitrogens with zero attached hydrogens (tertiary/aromatic N) is 2. The topological polar surface area (TPSA) is 54.5 Å². The number of carbonyl (C=O) groups is 1. The monoisotopic (exact) mass is 255 g/mol. The van der Waals surface area contributed by atoms with Crippen molar-refractivity contribution in [3.05, 3.63) is 10.6 Å². The third kappa shape index (κ3) is 2.76. The van der Waals surface area contributed by atoms with E-state index in [9.17, 15) is 4.79 Å². The van der Waals surface area contributed by atoms with Gasteiger partial charge in [0.05, 0.1) is 7.11 Å². The minimum absolute atomic E-state index is 0.365. The van der Waals surface area contributed by atoms with E-state index in [1.165, 1.54) is 18.4 Å². The fourth-order valence-electron chi connectivity index (χ4n) is 1.97. The van der Waals surface area contributed by atoms with Crippen molar-refractivity contribution in [2.45, 2.75) is 19.4 Å². The SMILES string of the molecule is COC(=O)c1nc(NC2CCN(C)C2)sc1C. The third-order valence-corrected chi connectivity index (χ3v) is 3.80. The Morgan fingerprint density at radius 1 is 1.65 bits per heavy atom. The molecule has 1 aliphatic heterocycles. The number of likely N-dealkylation sites (tertiary alicyclic amines) is 1. The highest BCUT2D eigenvalue weighted by Gasteiger charge is 2.22. The zero-order valence-corrected chi connectivity index (χ0v) is 11.1. The maximum Gasteiger partial charge on any atom is 0.357 e. The normalized spacial score (nSPS) is 20.5. The van der Waals surface area contributed by atoms with Crippen LogP contribution in [0.5, 0.6) is 0 Å². The molecule has 1 N–H and O–H groups in total. The van der Waals surface area contributed by atoms with E-state index >= 15 is 0 Å². The number of hydrogen-bond donors (Lipinski definition) is 1. The molecule has 0 amide bonds. The molecule has 0 spiro atoms. The molecule has 0 aromatic carbocycles. The van der Waals surface area contributed by atoms with Crippen molar-refractivity contribution in [2.75, 3.05) is 32.6 Å². The van der Waals surface area contributed by atoms with Crippen molar-refractivity contribution in [3.63, 3.8) is 0 Å². The minimum atomic E-state index is -0.365. The van der Waals surface area contributed by atoms with Crippen LogP contribution >= 0.6 is 11.3 Å². The van der Waals surface area contributed by atoms with Crippen molar-refractivity contribution >= 4 is 22.4 Å². The summed E-state index contributed by atoms with van der Waals surface area (Å²) in [6.07, 6.45) is 1.11. The Morgan fingerprint density at radius 2 is 2.41 bits per heavy atom. The third-order valence-electron chi connectivity index (χ3n) is 2.89. The van der Waals surface area contributed by atoms with E-state index in [2.05, 4.69) is 27.0 Å². The molecule has 17 heavy (non-hydrogen) atoms. The van der Waals surface area contributed by atoms with Gasteiger partial charge in [-0.15, -0.1) is 11.3 Å². The van der Waals surface area contributed by atoms with E-state index in [4.69, 9.17) is 0 Å². The van der Waals surface area contributed by atoms with Gasteiger partial charge in [-0.3, -0.25) is 0 Å². The highest BCUT2D eigenvalue weighted by Crippen LogP contribution is 2.24. The van der Waals surface area contributed by atoms with Crippen LogP contribution in [0.15, 0.2) is 0 Å². The molecule has 2 rings (SSSR count). The molecule has 0 aliphatic carbocycles. The molecule has 1 aromatic rings. The van der Waals surface area contributed by atoms with Gasteiger partial charge in [0.25, 0.3) is 0 Å². The molecular weight excluding hydrogens is 238 g/mol. The quantitative estimate of drug-likeness (QED) is 0.826. The van der Waals surface area contributed by atoms with E-state index in [0.717, 1.165) is 29.5 Å². The number of carbonyl (C=O) groups excluding carboxylic acids is 1. The van der Waals surface area contributed by atoms with Gasteiger partial charge in [-0.05, 0) is 26.9 Å². The molecule has 1 unspecified atom stereocenters. The van der Waals surface area contributed by atoms with E-state index in [0.29, 0.717) is 11.7 Å². The number of esters is 1. The number of methoxy groups -OCH3 is 1. The number of anilines is 1. The van der Waals surface area contributed by atoms with E-state index in [-0.39, 0.29) is 5.97 Å². The summed E-state index contributed by atoms with van der Waals surface area (Å²) in [6.45, 7) is 4.01. The standard InChI is InChI=1S/C11H17N3O2S/c1-7-9(10(15)16-3)13-11(17-7)12-8-4-5-14(2)6-8/h8H,4-6H2,1-3H3,(H,12,13). The predicted molar refractivity (Wildman–Crippen MR) is 67.7 cm³/mol. The molecule has 6 heteroatoms. The Labute approximate surface area is 105 Å². The summed E-state index contributed by atoms with van der Waals surface area (Å²) in [5, 5.41) is 4.18. The van der Waals surface area contributed by atoms with E-state index in [1.54, 1.807) is 0 Å². The lowest BCUT2D eigenvalue weighted by molar-refractivity contribution is 0.0594. The molecule has 5 nitrogen and oxygen atoms in total. The predicted octanol–water partition coefficient (Wildman–Crippen LogP) is 1.35. The summed E-state index contributed by atoms with van der Waals surface area (Å²) in [5.41, 5.74) is 0.423. The molecule has 0 radical (unpaired) electrons. The van der Waals surface area contributed by atoms with Crippen LogP contribution < -0.4 is 5.32 Å². The fourth-order valence-corrected chi connectivity index (χ4v) is 2.85. The maximum atomic E-state index is 11.4. The highest BCUT2D eigenvalue weighted by molar-refractivity contribution is 7.15. The van der Waals surface area contributed by atoms with Crippen molar-refractivity contribution < 1.29 is 9.53 Å². The Hall–Kier alpha value is -1.14. The molecule has 94 valence electrons. The Bertz CT molecular complexity index is 419. The molecule has 2 heterocycles. The lowest BCUT2D eigenvalue weighted by atomic mass is 10.3. The van der Waals surface area contributed by atoms with Crippen molar-refractivity contribution in [1.82, 2.24) is 9.88 Å². The van der Waals surface area contributed by atoms with Crippen LogP contribution in [-0.4, -0.2) is 49.1 Å². The number of ether oxygens (including phenoxy) is 1. The number of aryl methyl sites for hydroxylation is 1. The average Bonchev–Trinajstić information content (AvgIpc) is 2.85. The molecule has 0 bridgehead atoms. The van der Waals surface area contributed by atoms with E-state index in [1.807, 2.05) is 6.92 Å². The number of hydrogen-bond acceptors (Lipinski definition) is 6. The number of nitrogens with one attached hydrogen (secondary N) is 1. The number of likely N-dealkylation sites (N-methyl/N-ethyl adjacent to an activating group) is 1. The zero-order valence-electron chi connectivity index (χ0n) is 10.3. The molecular formula is C11H17N3O2S. The first-order valence-electron chi connectivity index (χ1n) is 5.61. The summed E-state index contributed by atoms with van der Waals surface area (Å²) in [4.78, 5) is 18.9. The Balaban J connectivity index is 2.05. The smallest absolute Gasteiger partial charge is 0.357 e. The number of aromatic nitrogens is 1. The van der Waals surface area contributed by atoms with Gasteiger partial charge >= 0.3 is 5.97 Å². The van der Waals surface area contributed by atoms with Gasteiger partial charge in [-0.2, -0.15) is 0 Å². The summed E-state index contributed by atoms with van der Waals surface area (Å²) >= 11 is 1.50. The van der Waals surface area contributed by atoms with Gasteiger partial charge in [-0.1, -0.05) is 0 Å². The highest BCUT2D eigenvalue weighted by atomic mass is 32.1. The van der Waals surface area contributed by atoms with Crippen LogP contribution in [0.1, 0.15) is 21.8 Å². The average molecular weight is 255 g/mol. The molecule has 0 saturated carbocycles. The second-order valence-corrected chi connectivity index (χ2v) is 5.51. The minimum Gasteiger partial charge on any atom is -0.464 e. The van der Waals surface area contributed by atoms with Crippen LogP contribution in [0, 0.1) is 6.92 Å². The second-order valence-electron chi connectivity index (χ2n) is 4.31. The van der Waals surface area contributed by atoms with E-state index < -0.39 is 0 Å². The van der Waals surface area contributed by atoms with Crippen molar-refractivity contribution in [3.8, 4) is 0 Å². The van der Waals surface area contributed by atoms with Gasteiger partial charge < -0.3 is 15.0 Å². The summed E-state index contributed by atoms with van der Waals surface area (Å²) in [5.74, 6) is -0.365. The van der Waals surface area contributed by atoms with Crippen LogP contribution in [0.4, 0.5) is 5.13 Å². The molecule has 1 fully saturated rings.